The van der Waals surface area contributed by atoms with Gasteiger partial charge in [-0.3, -0.25) is 0 Å². The molecular formula is C18H23NO2. The van der Waals surface area contributed by atoms with Crippen LogP contribution in [0.2, 0.25) is 0 Å². The van der Waals surface area contributed by atoms with E-state index in [4.69, 9.17) is 9.47 Å². The highest BCUT2D eigenvalue weighted by atomic mass is 16.5. The molecule has 21 heavy (non-hydrogen) atoms. The molecule has 0 aliphatic rings. The number of hydrogen-bond acceptors (Lipinski definition) is 3. The zero-order valence-corrected chi connectivity index (χ0v) is 13.1. The predicted molar refractivity (Wildman–Crippen MR) is 86.2 cm³/mol. The maximum atomic E-state index is 6.00. The van der Waals surface area contributed by atoms with Gasteiger partial charge in [0.2, 0.25) is 0 Å². The number of methoxy groups -OCH3 is 1. The van der Waals surface area contributed by atoms with E-state index < -0.39 is 0 Å². The summed E-state index contributed by atoms with van der Waals surface area (Å²) < 4.78 is 11.3. The lowest BCUT2D eigenvalue weighted by Gasteiger charge is -2.19. The summed E-state index contributed by atoms with van der Waals surface area (Å²) in [6, 6.07) is 14.3. The minimum Gasteiger partial charge on any atom is -0.497 e. The van der Waals surface area contributed by atoms with Crippen LogP contribution in [-0.2, 0) is 0 Å². The Morgan fingerprint density at radius 2 is 1.86 bits per heavy atom. The van der Waals surface area contributed by atoms with E-state index in [0.29, 0.717) is 6.61 Å². The molecule has 0 saturated heterocycles. The van der Waals surface area contributed by atoms with Crippen LogP contribution < -0.4 is 14.8 Å². The van der Waals surface area contributed by atoms with Crippen molar-refractivity contribution < 1.29 is 9.47 Å². The Kier molecular flexibility index (Phi) is 5.23. The summed E-state index contributed by atoms with van der Waals surface area (Å²) in [5.74, 6) is 1.80. The third-order valence-corrected chi connectivity index (χ3v) is 3.81. The van der Waals surface area contributed by atoms with Gasteiger partial charge in [-0.2, -0.15) is 0 Å². The molecule has 1 N–H and O–H groups in total. The molecule has 0 heterocycles. The Hall–Kier alpha value is -2.00. The van der Waals surface area contributed by atoms with Crippen molar-refractivity contribution in [2.75, 3.05) is 20.8 Å². The molecule has 1 unspecified atom stereocenters. The number of benzene rings is 2. The molecule has 112 valence electrons. The molecule has 2 aromatic carbocycles. The molecule has 1 atom stereocenters. The summed E-state index contributed by atoms with van der Waals surface area (Å²) >= 11 is 0. The van der Waals surface area contributed by atoms with Gasteiger partial charge in [-0.15, -0.1) is 0 Å². The molecule has 0 radical (unpaired) electrons. The zero-order chi connectivity index (χ0) is 15.2. The number of nitrogens with one attached hydrogen (secondary N) is 1. The fourth-order valence-electron chi connectivity index (χ4n) is 2.26. The van der Waals surface area contributed by atoms with Crippen molar-refractivity contribution in [3.05, 3.63) is 59.2 Å². The predicted octanol–water partition coefficient (Wildman–Crippen LogP) is 3.65. The molecule has 0 aliphatic carbocycles. The first-order chi connectivity index (χ1) is 10.2. The summed E-state index contributed by atoms with van der Waals surface area (Å²) in [6.07, 6.45) is 0. The molecule has 2 rings (SSSR count). The first-order valence-corrected chi connectivity index (χ1v) is 7.16. The topological polar surface area (TPSA) is 30.5 Å². The van der Waals surface area contributed by atoms with Crippen LogP contribution in [0, 0.1) is 13.8 Å². The Bertz CT molecular complexity index is 596. The fraction of sp³-hybridized carbons (Fsp3) is 0.333. The van der Waals surface area contributed by atoms with Gasteiger partial charge in [-0.05, 0) is 55.8 Å². The van der Waals surface area contributed by atoms with Gasteiger partial charge in [0.05, 0.1) is 13.2 Å². The highest BCUT2D eigenvalue weighted by Crippen LogP contribution is 2.23. The monoisotopic (exact) mass is 285 g/mol. The lowest BCUT2D eigenvalue weighted by molar-refractivity contribution is 0.271. The summed E-state index contributed by atoms with van der Waals surface area (Å²) in [7, 11) is 3.62. The van der Waals surface area contributed by atoms with E-state index in [2.05, 4.69) is 31.3 Å². The Labute approximate surface area is 126 Å². The van der Waals surface area contributed by atoms with Gasteiger partial charge in [0.15, 0.2) is 0 Å². The van der Waals surface area contributed by atoms with Crippen LogP contribution in [0.4, 0.5) is 0 Å². The lowest BCUT2D eigenvalue weighted by atomic mass is 10.1. The van der Waals surface area contributed by atoms with Crippen molar-refractivity contribution in [2.45, 2.75) is 19.9 Å². The summed E-state index contributed by atoms with van der Waals surface area (Å²) in [6.45, 7) is 4.76. The molecule has 0 amide bonds. The van der Waals surface area contributed by atoms with Gasteiger partial charge in [0.25, 0.3) is 0 Å². The van der Waals surface area contributed by atoms with E-state index in [9.17, 15) is 0 Å². The summed E-state index contributed by atoms with van der Waals surface area (Å²) in [5, 5.41) is 3.29. The van der Waals surface area contributed by atoms with E-state index >= 15 is 0 Å². The van der Waals surface area contributed by atoms with Gasteiger partial charge in [0.1, 0.15) is 18.1 Å². The minimum absolute atomic E-state index is 0.125. The number of hydrogen-bond donors (Lipinski definition) is 1. The van der Waals surface area contributed by atoms with Crippen LogP contribution in [0.5, 0.6) is 11.5 Å². The average Bonchev–Trinajstić information content (AvgIpc) is 2.52. The number of rotatable bonds is 6. The number of ether oxygens (including phenoxy) is 2. The van der Waals surface area contributed by atoms with Gasteiger partial charge in [0, 0.05) is 0 Å². The van der Waals surface area contributed by atoms with Crippen molar-refractivity contribution in [1.29, 1.82) is 0 Å². The number of likely N-dealkylation sites (N-methyl/N-ethyl adjacent to an activating group) is 1. The summed E-state index contributed by atoms with van der Waals surface area (Å²) in [4.78, 5) is 0. The second-order valence-electron chi connectivity index (χ2n) is 5.13. The van der Waals surface area contributed by atoms with Crippen molar-refractivity contribution in [3.8, 4) is 11.5 Å². The molecule has 0 aromatic heterocycles. The molecule has 0 aliphatic heterocycles. The second kappa shape index (κ2) is 7.14. The van der Waals surface area contributed by atoms with Crippen LogP contribution in [-0.4, -0.2) is 20.8 Å². The quantitative estimate of drug-likeness (QED) is 0.878. The molecule has 0 spiro atoms. The molecule has 2 aromatic rings. The average molecular weight is 285 g/mol. The first kappa shape index (κ1) is 15.4. The maximum Gasteiger partial charge on any atom is 0.122 e. The van der Waals surface area contributed by atoms with Crippen LogP contribution in [0.15, 0.2) is 42.5 Å². The van der Waals surface area contributed by atoms with Gasteiger partial charge < -0.3 is 14.8 Å². The third-order valence-electron chi connectivity index (χ3n) is 3.81. The number of aryl methyl sites for hydroxylation is 1. The third kappa shape index (κ3) is 3.76. The van der Waals surface area contributed by atoms with Crippen LogP contribution in [0.25, 0.3) is 0 Å². The molecule has 3 heteroatoms. The van der Waals surface area contributed by atoms with Crippen molar-refractivity contribution >= 4 is 0 Å². The van der Waals surface area contributed by atoms with Gasteiger partial charge in [-0.25, -0.2) is 0 Å². The van der Waals surface area contributed by atoms with E-state index in [1.807, 2.05) is 37.4 Å². The zero-order valence-electron chi connectivity index (χ0n) is 13.1. The van der Waals surface area contributed by atoms with Crippen molar-refractivity contribution in [2.24, 2.45) is 0 Å². The summed E-state index contributed by atoms with van der Waals surface area (Å²) in [5.41, 5.74) is 3.59. The molecule has 0 saturated carbocycles. The minimum atomic E-state index is 0.125. The highest BCUT2D eigenvalue weighted by Gasteiger charge is 2.12. The molecule has 3 nitrogen and oxygen atoms in total. The molecule has 0 bridgehead atoms. The standard InChI is InChI=1S/C18H23NO2/c1-13-7-5-10-18(14(13)2)21-12-17(19-3)15-8-6-9-16(11-15)20-4/h5-11,17,19H,12H2,1-4H3. The smallest absolute Gasteiger partial charge is 0.122 e. The normalized spacial score (nSPS) is 12.0. The SMILES string of the molecule is CNC(COc1cccc(C)c1C)c1cccc(OC)c1. The van der Waals surface area contributed by atoms with Crippen LogP contribution in [0.1, 0.15) is 22.7 Å². The van der Waals surface area contributed by atoms with E-state index in [1.54, 1.807) is 7.11 Å². The van der Waals surface area contributed by atoms with Crippen molar-refractivity contribution in [3.63, 3.8) is 0 Å². The fourth-order valence-corrected chi connectivity index (χ4v) is 2.26. The highest BCUT2D eigenvalue weighted by molar-refractivity contribution is 5.38. The van der Waals surface area contributed by atoms with Gasteiger partial charge >= 0.3 is 0 Å². The van der Waals surface area contributed by atoms with E-state index in [0.717, 1.165) is 17.1 Å². The Morgan fingerprint density at radius 3 is 2.57 bits per heavy atom. The van der Waals surface area contributed by atoms with Gasteiger partial charge in [-0.1, -0.05) is 24.3 Å². The Balaban J connectivity index is 2.10. The largest absolute Gasteiger partial charge is 0.497 e. The van der Waals surface area contributed by atoms with Crippen LogP contribution >= 0.6 is 0 Å². The second-order valence-corrected chi connectivity index (χ2v) is 5.13. The lowest BCUT2D eigenvalue weighted by Crippen LogP contribution is -2.23. The van der Waals surface area contributed by atoms with E-state index in [-0.39, 0.29) is 6.04 Å². The molecule has 0 fully saturated rings. The molecular weight excluding hydrogens is 262 g/mol. The first-order valence-electron chi connectivity index (χ1n) is 7.16. The maximum absolute atomic E-state index is 6.00. The van der Waals surface area contributed by atoms with E-state index in [1.165, 1.54) is 11.1 Å². The Morgan fingerprint density at radius 1 is 1.10 bits per heavy atom. The van der Waals surface area contributed by atoms with Crippen LogP contribution in [0.3, 0.4) is 0 Å². The van der Waals surface area contributed by atoms with Crippen molar-refractivity contribution in [1.82, 2.24) is 5.32 Å².